The van der Waals surface area contributed by atoms with Crippen LogP contribution in [0.3, 0.4) is 0 Å². The van der Waals surface area contributed by atoms with Gasteiger partial charge in [-0.2, -0.15) is 0 Å². The van der Waals surface area contributed by atoms with Crippen LogP contribution in [-0.4, -0.2) is 44.8 Å². The van der Waals surface area contributed by atoms with E-state index in [-0.39, 0.29) is 24.4 Å². The van der Waals surface area contributed by atoms with Crippen LogP contribution < -0.4 is 15.2 Å². The minimum atomic E-state index is -0.105. The molecule has 2 aromatic heterocycles. The summed E-state index contributed by atoms with van der Waals surface area (Å²) in [6, 6.07) is 8.82. The first-order chi connectivity index (χ1) is 13.1. The van der Waals surface area contributed by atoms with E-state index in [2.05, 4.69) is 4.98 Å². The molecule has 0 bridgehead atoms. The van der Waals surface area contributed by atoms with Crippen molar-refractivity contribution in [2.24, 2.45) is 7.05 Å². The van der Waals surface area contributed by atoms with Gasteiger partial charge >= 0.3 is 5.69 Å². The first kappa shape index (κ1) is 15.9. The topological polar surface area (TPSA) is 78.6 Å². The Hall–Kier alpha value is -3.29. The zero-order valence-electron chi connectivity index (χ0n) is 14.8. The second-order valence-corrected chi connectivity index (χ2v) is 6.82. The first-order valence-corrected chi connectivity index (χ1v) is 8.84. The summed E-state index contributed by atoms with van der Waals surface area (Å²) in [5.41, 5.74) is 1.91. The summed E-state index contributed by atoms with van der Waals surface area (Å²) in [4.78, 5) is 31.8. The fourth-order valence-electron chi connectivity index (χ4n) is 3.87. The molecule has 1 aromatic carbocycles. The molecule has 27 heavy (non-hydrogen) atoms. The Labute approximate surface area is 154 Å². The third kappa shape index (κ3) is 2.40. The zero-order valence-corrected chi connectivity index (χ0v) is 14.8. The number of aryl methyl sites for hydroxylation is 1. The Morgan fingerprint density at radius 2 is 2.07 bits per heavy atom. The minimum Gasteiger partial charge on any atom is -0.454 e. The van der Waals surface area contributed by atoms with Gasteiger partial charge in [-0.05, 0) is 36.8 Å². The Morgan fingerprint density at radius 1 is 1.22 bits per heavy atom. The van der Waals surface area contributed by atoms with Crippen molar-refractivity contribution in [1.29, 1.82) is 0 Å². The first-order valence-electron chi connectivity index (χ1n) is 8.84. The van der Waals surface area contributed by atoms with Crippen molar-refractivity contribution in [2.75, 3.05) is 19.9 Å². The maximum Gasteiger partial charge on any atom is 0.330 e. The molecule has 0 spiro atoms. The molecule has 2 aliphatic heterocycles. The molecule has 0 saturated carbocycles. The van der Waals surface area contributed by atoms with Crippen molar-refractivity contribution in [1.82, 2.24) is 19.0 Å². The van der Waals surface area contributed by atoms with E-state index in [0.29, 0.717) is 42.2 Å². The van der Waals surface area contributed by atoms with Gasteiger partial charge < -0.3 is 14.4 Å². The van der Waals surface area contributed by atoms with Crippen molar-refractivity contribution >= 4 is 17.1 Å². The molecule has 0 radical (unpaired) electrons. The van der Waals surface area contributed by atoms with Gasteiger partial charge in [0.1, 0.15) is 0 Å². The van der Waals surface area contributed by atoms with Gasteiger partial charge in [0.25, 0.3) is 5.91 Å². The van der Waals surface area contributed by atoms with Gasteiger partial charge in [-0.25, -0.2) is 9.78 Å². The molecule has 0 unspecified atom stereocenters. The molecule has 0 aliphatic carbocycles. The van der Waals surface area contributed by atoms with E-state index in [1.165, 1.54) is 0 Å². The number of benzene rings is 1. The lowest BCUT2D eigenvalue weighted by atomic mass is 10.2. The van der Waals surface area contributed by atoms with E-state index in [1.807, 2.05) is 12.1 Å². The Bertz CT molecular complexity index is 1120. The number of fused-ring (bicyclic) bond motifs is 2. The quantitative estimate of drug-likeness (QED) is 0.688. The van der Waals surface area contributed by atoms with Gasteiger partial charge in [0.15, 0.2) is 17.1 Å². The number of nitrogens with zero attached hydrogens (tertiary/aromatic N) is 4. The number of hydrogen-bond acceptors (Lipinski definition) is 5. The number of pyridine rings is 1. The molecule has 1 saturated heterocycles. The lowest BCUT2D eigenvalue weighted by Crippen LogP contribution is -2.31. The second kappa shape index (κ2) is 5.87. The van der Waals surface area contributed by atoms with E-state index in [4.69, 9.17) is 9.47 Å². The second-order valence-electron chi connectivity index (χ2n) is 6.82. The monoisotopic (exact) mass is 366 g/mol. The van der Waals surface area contributed by atoms with Crippen LogP contribution in [0, 0.1) is 0 Å². The summed E-state index contributed by atoms with van der Waals surface area (Å²) < 4.78 is 14.0. The number of carbonyl (C=O) groups is 1. The summed E-state index contributed by atoms with van der Waals surface area (Å²) in [5, 5.41) is 0. The van der Waals surface area contributed by atoms with Crippen molar-refractivity contribution in [2.45, 2.75) is 12.5 Å². The fourth-order valence-corrected chi connectivity index (χ4v) is 3.87. The van der Waals surface area contributed by atoms with Crippen LogP contribution in [0.5, 0.6) is 11.5 Å². The number of carbonyl (C=O) groups excluding carboxylic acids is 1. The molecule has 8 nitrogen and oxygen atoms in total. The highest BCUT2D eigenvalue weighted by Gasteiger charge is 2.31. The van der Waals surface area contributed by atoms with Crippen molar-refractivity contribution < 1.29 is 14.3 Å². The predicted molar refractivity (Wildman–Crippen MR) is 97.1 cm³/mol. The molecule has 138 valence electrons. The normalized spacial score (nSPS) is 18.4. The summed E-state index contributed by atoms with van der Waals surface area (Å²) in [6.45, 7) is 1.24. The Kier molecular flexibility index (Phi) is 3.46. The number of amides is 1. The van der Waals surface area contributed by atoms with Crippen LogP contribution in [0.2, 0.25) is 0 Å². The van der Waals surface area contributed by atoms with Crippen molar-refractivity contribution in [3.8, 4) is 11.5 Å². The number of hydrogen-bond donors (Lipinski definition) is 0. The van der Waals surface area contributed by atoms with Crippen LogP contribution in [0.4, 0.5) is 0 Å². The summed E-state index contributed by atoms with van der Waals surface area (Å²) >= 11 is 0. The number of rotatable bonds is 2. The van der Waals surface area contributed by atoms with Gasteiger partial charge in [0, 0.05) is 31.9 Å². The SMILES string of the molecule is Cn1c(=O)n([C@@H]2CCN(C(=O)c3ccc4c(c3)OCO4)C2)c2ncccc21. The highest BCUT2D eigenvalue weighted by Crippen LogP contribution is 2.33. The molecule has 1 atom stereocenters. The standard InChI is InChI=1S/C19H18N4O4/c1-21-14-3-2-7-20-17(14)23(19(21)25)13-6-8-22(10-13)18(24)12-4-5-15-16(9-12)27-11-26-15/h2-5,7,9,13H,6,8,10-11H2,1H3/t13-/m1/s1. The van der Waals surface area contributed by atoms with Crippen molar-refractivity contribution in [3.63, 3.8) is 0 Å². The summed E-state index contributed by atoms with van der Waals surface area (Å²) in [5.74, 6) is 1.17. The number of aromatic nitrogens is 3. The smallest absolute Gasteiger partial charge is 0.330 e. The highest BCUT2D eigenvalue weighted by atomic mass is 16.7. The van der Waals surface area contributed by atoms with Gasteiger partial charge in [0.05, 0.1) is 11.6 Å². The van der Waals surface area contributed by atoms with E-state index >= 15 is 0 Å². The number of likely N-dealkylation sites (tertiary alicyclic amines) is 1. The summed E-state index contributed by atoms with van der Waals surface area (Å²) in [6.07, 6.45) is 2.40. The average Bonchev–Trinajstić information content (AvgIpc) is 3.40. The van der Waals surface area contributed by atoms with E-state index in [9.17, 15) is 9.59 Å². The maximum absolute atomic E-state index is 12.9. The molecular weight excluding hydrogens is 348 g/mol. The average molecular weight is 366 g/mol. The van der Waals surface area contributed by atoms with Crippen LogP contribution in [0.25, 0.3) is 11.2 Å². The molecular formula is C19H18N4O4. The molecule has 1 fully saturated rings. The third-order valence-electron chi connectivity index (χ3n) is 5.28. The van der Waals surface area contributed by atoms with Gasteiger partial charge in [-0.15, -0.1) is 0 Å². The fraction of sp³-hybridized carbons (Fsp3) is 0.316. The van der Waals surface area contributed by atoms with Gasteiger partial charge in [-0.1, -0.05) is 0 Å². The van der Waals surface area contributed by atoms with Gasteiger partial charge in [-0.3, -0.25) is 13.9 Å². The number of imidazole rings is 1. The largest absolute Gasteiger partial charge is 0.454 e. The van der Waals surface area contributed by atoms with E-state index in [1.54, 1.807) is 45.5 Å². The lowest BCUT2D eigenvalue weighted by Gasteiger charge is -2.17. The molecule has 5 rings (SSSR count). The molecule has 8 heteroatoms. The predicted octanol–water partition coefficient (Wildman–Crippen LogP) is 1.55. The molecule has 2 aliphatic rings. The lowest BCUT2D eigenvalue weighted by molar-refractivity contribution is 0.0787. The maximum atomic E-state index is 12.9. The molecule has 1 amide bonds. The number of ether oxygens (including phenoxy) is 2. The van der Waals surface area contributed by atoms with E-state index < -0.39 is 0 Å². The van der Waals surface area contributed by atoms with Gasteiger partial charge in [0.2, 0.25) is 6.79 Å². The van der Waals surface area contributed by atoms with E-state index in [0.717, 1.165) is 5.52 Å². The molecule has 4 heterocycles. The Morgan fingerprint density at radius 3 is 2.96 bits per heavy atom. The summed E-state index contributed by atoms with van der Waals surface area (Å²) in [7, 11) is 1.74. The van der Waals surface area contributed by atoms with Crippen LogP contribution in [0.1, 0.15) is 22.8 Å². The van der Waals surface area contributed by atoms with Crippen LogP contribution in [0.15, 0.2) is 41.3 Å². The highest BCUT2D eigenvalue weighted by molar-refractivity contribution is 5.95. The van der Waals surface area contributed by atoms with Crippen molar-refractivity contribution in [3.05, 3.63) is 52.6 Å². The van der Waals surface area contributed by atoms with Crippen LogP contribution in [-0.2, 0) is 7.05 Å². The third-order valence-corrected chi connectivity index (χ3v) is 5.28. The minimum absolute atomic E-state index is 0.0722. The van der Waals surface area contributed by atoms with Crippen LogP contribution >= 0.6 is 0 Å². The zero-order chi connectivity index (χ0) is 18.5. The molecule has 0 N–H and O–H groups in total. The Balaban J connectivity index is 1.43. The molecule has 3 aromatic rings.